The van der Waals surface area contributed by atoms with Crippen LogP contribution in [0.15, 0.2) is 30.3 Å². The Bertz CT molecular complexity index is 404. The van der Waals surface area contributed by atoms with Crippen LogP contribution in [0.5, 0.6) is 0 Å². The maximum atomic E-state index is 11.7. The average molecular weight is 259 g/mol. The summed E-state index contributed by atoms with van der Waals surface area (Å²) in [6.45, 7) is 2.18. The van der Waals surface area contributed by atoms with E-state index in [2.05, 4.69) is 24.0 Å². The molecule has 0 bridgehead atoms. The molecule has 0 aliphatic rings. The fourth-order valence-corrected chi connectivity index (χ4v) is 1.88. The number of carbonyl (C=O) groups is 1. The van der Waals surface area contributed by atoms with E-state index in [1.54, 1.807) is 6.08 Å². The maximum Gasteiger partial charge on any atom is 0.155 e. The molecule has 0 heterocycles. The van der Waals surface area contributed by atoms with Crippen molar-refractivity contribution in [1.29, 1.82) is 0 Å². The Morgan fingerprint density at radius 1 is 1.11 bits per heavy atom. The van der Waals surface area contributed by atoms with Crippen LogP contribution in [0.3, 0.4) is 0 Å². The van der Waals surface area contributed by atoms with Crippen LogP contribution in [-0.4, -0.2) is 19.9 Å². The molecule has 1 rings (SSSR count). The summed E-state index contributed by atoms with van der Waals surface area (Å²) in [5, 5.41) is 0. The Hall–Kier alpha value is -1.57. The Balaban J connectivity index is 2.40. The minimum atomic E-state index is 0.229. The lowest BCUT2D eigenvalue weighted by Crippen LogP contribution is -2.07. The summed E-state index contributed by atoms with van der Waals surface area (Å²) in [7, 11) is 4.04. The number of ketones is 1. The second kappa shape index (κ2) is 8.52. The van der Waals surface area contributed by atoms with Gasteiger partial charge in [0.2, 0.25) is 0 Å². The Morgan fingerprint density at radius 2 is 1.79 bits per heavy atom. The molecule has 0 unspecified atom stereocenters. The van der Waals surface area contributed by atoms with Crippen molar-refractivity contribution < 1.29 is 4.79 Å². The minimum Gasteiger partial charge on any atom is -0.378 e. The molecular formula is C17H25NO. The lowest BCUT2D eigenvalue weighted by molar-refractivity contribution is -0.114. The number of anilines is 1. The van der Waals surface area contributed by atoms with Gasteiger partial charge in [0.05, 0.1) is 0 Å². The first-order valence-corrected chi connectivity index (χ1v) is 7.11. The van der Waals surface area contributed by atoms with E-state index in [-0.39, 0.29) is 5.78 Å². The number of benzene rings is 1. The van der Waals surface area contributed by atoms with E-state index >= 15 is 0 Å². The highest BCUT2D eigenvalue weighted by Gasteiger charge is 1.97. The van der Waals surface area contributed by atoms with Crippen LogP contribution in [0.4, 0.5) is 5.69 Å². The highest BCUT2D eigenvalue weighted by atomic mass is 16.1. The van der Waals surface area contributed by atoms with E-state index in [1.165, 1.54) is 18.5 Å². The van der Waals surface area contributed by atoms with Crippen molar-refractivity contribution in [2.75, 3.05) is 19.0 Å². The number of carbonyl (C=O) groups excluding carboxylic acids is 1. The predicted octanol–water partition coefficient (Wildman–Crippen LogP) is 4.31. The molecule has 0 radical (unpaired) electrons. The van der Waals surface area contributed by atoms with E-state index in [9.17, 15) is 4.79 Å². The van der Waals surface area contributed by atoms with Gasteiger partial charge in [0.25, 0.3) is 0 Å². The molecule has 0 aliphatic heterocycles. The van der Waals surface area contributed by atoms with Gasteiger partial charge in [-0.2, -0.15) is 0 Å². The number of hydrogen-bond acceptors (Lipinski definition) is 2. The third-order valence-corrected chi connectivity index (χ3v) is 3.15. The second-order valence-corrected chi connectivity index (χ2v) is 5.10. The first-order chi connectivity index (χ1) is 9.13. The van der Waals surface area contributed by atoms with Gasteiger partial charge in [0, 0.05) is 26.2 Å². The van der Waals surface area contributed by atoms with E-state index < -0.39 is 0 Å². The number of allylic oxidation sites excluding steroid dienone is 1. The highest BCUT2D eigenvalue weighted by Crippen LogP contribution is 2.13. The number of rotatable bonds is 8. The van der Waals surface area contributed by atoms with Crippen molar-refractivity contribution in [3.05, 3.63) is 35.9 Å². The van der Waals surface area contributed by atoms with Gasteiger partial charge >= 0.3 is 0 Å². The first-order valence-electron chi connectivity index (χ1n) is 7.11. The molecule has 0 fully saturated rings. The number of nitrogens with zero attached hydrogens (tertiary/aromatic N) is 1. The van der Waals surface area contributed by atoms with Gasteiger partial charge in [-0.15, -0.1) is 0 Å². The van der Waals surface area contributed by atoms with Gasteiger partial charge in [-0.1, -0.05) is 44.4 Å². The van der Waals surface area contributed by atoms with Gasteiger partial charge in [0.1, 0.15) is 0 Å². The monoisotopic (exact) mass is 259 g/mol. The molecule has 1 aromatic carbocycles. The topological polar surface area (TPSA) is 20.3 Å². The third kappa shape index (κ3) is 6.23. The predicted molar refractivity (Wildman–Crippen MR) is 83.6 cm³/mol. The van der Waals surface area contributed by atoms with Gasteiger partial charge in [0.15, 0.2) is 5.78 Å². The summed E-state index contributed by atoms with van der Waals surface area (Å²) in [5.74, 6) is 0.229. The smallest absolute Gasteiger partial charge is 0.155 e. The summed E-state index contributed by atoms with van der Waals surface area (Å²) >= 11 is 0. The van der Waals surface area contributed by atoms with E-state index in [0.29, 0.717) is 6.42 Å². The molecule has 0 spiro atoms. The molecular weight excluding hydrogens is 234 g/mol. The molecule has 19 heavy (non-hydrogen) atoms. The van der Waals surface area contributed by atoms with Gasteiger partial charge in [-0.3, -0.25) is 4.79 Å². The van der Waals surface area contributed by atoms with Crippen LogP contribution in [0.25, 0.3) is 6.08 Å². The summed E-state index contributed by atoms with van der Waals surface area (Å²) < 4.78 is 0. The first kappa shape index (κ1) is 15.5. The fraction of sp³-hybridized carbons (Fsp3) is 0.471. The molecule has 1 aromatic rings. The van der Waals surface area contributed by atoms with Crippen molar-refractivity contribution in [2.45, 2.75) is 39.0 Å². The summed E-state index contributed by atoms with van der Waals surface area (Å²) in [6.07, 6.45) is 8.89. The van der Waals surface area contributed by atoms with Crippen molar-refractivity contribution >= 4 is 17.5 Å². The van der Waals surface area contributed by atoms with E-state index in [1.807, 2.05) is 32.3 Å². The molecule has 0 saturated carbocycles. The Kier molecular flexibility index (Phi) is 6.94. The maximum absolute atomic E-state index is 11.7. The summed E-state index contributed by atoms with van der Waals surface area (Å²) in [6, 6.07) is 8.20. The van der Waals surface area contributed by atoms with Crippen LogP contribution in [-0.2, 0) is 4.79 Å². The standard InChI is InChI=1S/C17H25NO/c1-4-5-6-7-8-17(19)14-11-15-9-12-16(13-10-15)18(2)3/h9-14H,4-8H2,1-3H3/b14-11+. The molecule has 104 valence electrons. The lowest BCUT2D eigenvalue weighted by Gasteiger charge is -2.11. The van der Waals surface area contributed by atoms with Gasteiger partial charge < -0.3 is 4.90 Å². The van der Waals surface area contributed by atoms with Crippen LogP contribution in [0.2, 0.25) is 0 Å². The number of hydrogen-bond donors (Lipinski definition) is 0. The quantitative estimate of drug-likeness (QED) is 0.512. The molecule has 0 N–H and O–H groups in total. The van der Waals surface area contributed by atoms with Crippen molar-refractivity contribution in [3.8, 4) is 0 Å². The van der Waals surface area contributed by atoms with E-state index in [4.69, 9.17) is 0 Å². The molecule has 2 nitrogen and oxygen atoms in total. The molecule has 0 aliphatic carbocycles. The van der Waals surface area contributed by atoms with Crippen LogP contribution >= 0.6 is 0 Å². The molecule has 0 saturated heterocycles. The fourth-order valence-electron chi connectivity index (χ4n) is 1.88. The van der Waals surface area contributed by atoms with Crippen molar-refractivity contribution in [3.63, 3.8) is 0 Å². The van der Waals surface area contributed by atoms with Crippen LogP contribution in [0.1, 0.15) is 44.6 Å². The van der Waals surface area contributed by atoms with Crippen molar-refractivity contribution in [1.82, 2.24) is 0 Å². The van der Waals surface area contributed by atoms with Gasteiger partial charge in [-0.25, -0.2) is 0 Å². The zero-order chi connectivity index (χ0) is 14.1. The normalized spacial score (nSPS) is 10.9. The third-order valence-electron chi connectivity index (χ3n) is 3.15. The summed E-state index contributed by atoms with van der Waals surface area (Å²) in [4.78, 5) is 13.7. The van der Waals surface area contributed by atoms with Gasteiger partial charge in [-0.05, 0) is 30.2 Å². The minimum absolute atomic E-state index is 0.229. The van der Waals surface area contributed by atoms with Crippen LogP contribution < -0.4 is 4.90 Å². The largest absolute Gasteiger partial charge is 0.378 e. The second-order valence-electron chi connectivity index (χ2n) is 5.10. The van der Waals surface area contributed by atoms with Crippen molar-refractivity contribution in [2.24, 2.45) is 0 Å². The van der Waals surface area contributed by atoms with Crippen LogP contribution in [0, 0.1) is 0 Å². The zero-order valence-electron chi connectivity index (χ0n) is 12.4. The molecule has 2 heteroatoms. The summed E-state index contributed by atoms with van der Waals surface area (Å²) in [5.41, 5.74) is 2.25. The average Bonchev–Trinajstić information content (AvgIpc) is 2.42. The van der Waals surface area contributed by atoms with E-state index in [0.717, 1.165) is 18.4 Å². The zero-order valence-corrected chi connectivity index (χ0v) is 12.4. The lowest BCUT2D eigenvalue weighted by atomic mass is 10.1. The number of unbranched alkanes of at least 4 members (excludes halogenated alkanes) is 3. The highest BCUT2D eigenvalue weighted by molar-refractivity contribution is 5.93. The molecule has 0 amide bonds. The molecule has 0 atom stereocenters. The Labute approximate surface area is 117 Å². The molecule has 0 aromatic heterocycles. The Morgan fingerprint density at radius 3 is 2.37 bits per heavy atom. The SMILES string of the molecule is CCCCCCC(=O)/C=C/c1ccc(N(C)C)cc1.